The predicted octanol–water partition coefficient (Wildman–Crippen LogP) is 4.04. The molecule has 19 heavy (non-hydrogen) atoms. The van der Waals surface area contributed by atoms with Gasteiger partial charge in [0.15, 0.2) is 0 Å². The molecule has 0 unspecified atom stereocenters. The van der Waals surface area contributed by atoms with Gasteiger partial charge in [0.05, 0.1) is 0 Å². The van der Waals surface area contributed by atoms with Crippen molar-refractivity contribution in [1.82, 2.24) is 10.3 Å². The Hall–Kier alpha value is -1.19. The van der Waals surface area contributed by atoms with Crippen molar-refractivity contribution in [3.05, 3.63) is 51.5 Å². The van der Waals surface area contributed by atoms with Crippen LogP contribution in [0.3, 0.4) is 0 Å². The summed E-state index contributed by atoms with van der Waals surface area (Å²) in [5.74, 6) is 0. The monoisotopic (exact) mass is 274 g/mol. The van der Waals surface area contributed by atoms with Gasteiger partial charge in [0.1, 0.15) is 5.01 Å². The van der Waals surface area contributed by atoms with Gasteiger partial charge >= 0.3 is 0 Å². The van der Waals surface area contributed by atoms with Crippen LogP contribution in [-0.4, -0.2) is 4.98 Å². The molecule has 0 aliphatic rings. The molecule has 2 nitrogen and oxygen atoms in total. The Labute approximate surface area is 119 Å². The summed E-state index contributed by atoms with van der Waals surface area (Å²) >= 11 is 1.72. The van der Waals surface area contributed by atoms with Gasteiger partial charge in [0, 0.05) is 24.2 Å². The Morgan fingerprint density at radius 3 is 2.32 bits per heavy atom. The highest BCUT2D eigenvalue weighted by Crippen LogP contribution is 2.22. The third-order valence-corrected chi connectivity index (χ3v) is 4.06. The van der Waals surface area contributed by atoms with Gasteiger partial charge in [0.2, 0.25) is 0 Å². The van der Waals surface area contributed by atoms with Crippen molar-refractivity contribution in [3.63, 3.8) is 0 Å². The standard InChI is InChI=1S/C16H22N2S/c1-12-11-19-15(18-12)10-17-9-13-5-7-14(8-6-13)16(2,3)4/h5-8,11,17H,9-10H2,1-4H3. The average molecular weight is 274 g/mol. The highest BCUT2D eigenvalue weighted by molar-refractivity contribution is 7.09. The first-order valence-corrected chi connectivity index (χ1v) is 7.54. The first kappa shape index (κ1) is 14.2. The van der Waals surface area contributed by atoms with Gasteiger partial charge in [0.25, 0.3) is 0 Å². The minimum atomic E-state index is 0.227. The van der Waals surface area contributed by atoms with Gasteiger partial charge in [-0.2, -0.15) is 0 Å². The summed E-state index contributed by atoms with van der Waals surface area (Å²) in [6.45, 7) is 10.5. The number of aryl methyl sites for hydroxylation is 1. The van der Waals surface area contributed by atoms with E-state index in [0.717, 1.165) is 23.8 Å². The van der Waals surface area contributed by atoms with Crippen molar-refractivity contribution in [2.24, 2.45) is 0 Å². The van der Waals surface area contributed by atoms with Crippen molar-refractivity contribution < 1.29 is 0 Å². The van der Waals surface area contributed by atoms with Crippen LogP contribution in [0.2, 0.25) is 0 Å². The Bertz CT molecular complexity index is 520. The van der Waals surface area contributed by atoms with Crippen LogP contribution in [0.4, 0.5) is 0 Å². The molecule has 0 bridgehead atoms. The molecular weight excluding hydrogens is 252 g/mol. The van der Waals surface area contributed by atoms with E-state index in [2.05, 4.69) is 60.7 Å². The Kier molecular flexibility index (Phi) is 4.38. The molecule has 0 atom stereocenters. The van der Waals surface area contributed by atoms with Gasteiger partial charge in [-0.1, -0.05) is 45.0 Å². The van der Waals surface area contributed by atoms with Crippen LogP contribution >= 0.6 is 11.3 Å². The molecule has 2 rings (SSSR count). The maximum absolute atomic E-state index is 4.44. The fourth-order valence-electron chi connectivity index (χ4n) is 1.92. The zero-order valence-electron chi connectivity index (χ0n) is 12.2. The zero-order valence-corrected chi connectivity index (χ0v) is 13.0. The molecule has 102 valence electrons. The number of aromatic nitrogens is 1. The second kappa shape index (κ2) is 5.85. The molecule has 2 aromatic rings. The van der Waals surface area contributed by atoms with Crippen molar-refractivity contribution in [3.8, 4) is 0 Å². The third kappa shape index (κ3) is 4.15. The second-order valence-corrected chi connectivity index (χ2v) is 6.88. The maximum Gasteiger partial charge on any atom is 0.107 e. The van der Waals surface area contributed by atoms with Gasteiger partial charge in [-0.15, -0.1) is 11.3 Å². The predicted molar refractivity (Wildman–Crippen MR) is 82.5 cm³/mol. The maximum atomic E-state index is 4.44. The van der Waals surface area contributed by atoms with Gasteiger partial charge in [-0.25, -0.2) is 4.98 Å². The largest absolute Gasteiger partial charge is 0.306 e. The highest BCUT2D eigenvalue weighted by atomic mass is 32.1. The fourth-order valence-corrected chi connectivity index (χ4v) is 2.66. The van der Waals surface area contributed by atoms with Crippen LogP contribution in [0.5, 0.6) is 0 Å². The molecule has 1 heterocycles. The summed E-state index contributed by atoms with van der Waals surface area (Å²) in [7, 11) is 0. The molecule has 1 N–H and O–H groups in total. The molecule has 0 radical (unpaired) electrons. The third-order valence-electron chi connectivity index (χ3n) is 3.09. The summed E-state index contributed by atoms with van der Waals surface area (Å²) in [6.07, 6.45) is 0. The first-order chi connectivity index (χ1) is 8.95. The average Bonchev–Trinajstić information content (AvgIpc) is 2.75. The lowest BCUT2D eigenvalue weighted by Crippen LogP contribution is -2.14. The summed E-state index contributed by atoms with van der Waals surface area (Å²) in [5.41, 5.74) is 4.04. The number of thiazole rings is 1. The SMILES string of the molecule is Cc1csc(CNCc2ccc(C(C)(C)C)cc2)n1. The van der Waals surface area contributed by atoms with E-state index in [1.165, 1.54) is 11.1 Å². The van der Waals surface area contributed by atoms with E-state index < -0.39 is 0 Å². The number of hydrogen-bond donors (Lipinski definition) is 1. The Morgan fingerprint density at radius 1 is 1.11 bits per heavy atom. The van der Waals surface area contributed by atoms with Gasteiger partial charge in [-0.05, 0) is 23.5 Å². The van der Waals surface area contributed by atoms with Crippen LogP contribution in [0.25, 0.3) is 0 Å². The smallest absolute Gasteiger partial charge is 0.107 e. The molecule has 0 fully saturated rings. The summed E-state index contributed by atoms with van der Waals surface area (Å²) in [4.78, 5) is 4.44. The van der Waals surface area contributed by atoms with E-state index >= 15 is 0 Å². The molecule has 0 amide bonds. The van der Waals surface area contributed by atoms with Crippen LogP contribution in [0, 0.1) is 6.92 Å². The minimum Gasteiger partial charge on any atom is -0.306 e. The number of hydrogen-bond acceptors (Lipinski definition) is 3. The quantitative estimate of drug-likeness (QED) is 0.910. The van der Waals surface area contributed by atoms with Gasteiger partial charge in [-0.3, -0.25) is 0 Å². The number of benzene rings is 1. The van der Waals surface area contributed by atoms with E-state index in [1.54, 1.807) is 11.3 Å². The number of nitrogens with one attached hydrogen (secondary N) is 1. The number of rotatable bonds is 4. The zero-order chi connectivity index (χ0) is 13.9. The normalized spacial score (nSPS) is 11.8. The van der Waals surface area contributed by atoms with Crippen LogP contribution in [0.1, 0.15) is 42.6 Å². The summed E-state index contributed by atoms with van der Waals surface area (Å²) in [6, 6.07) is 8.87. The van der Waals surface area contributed by atoms with Gasteiger partial charge < -0.3 is 5.32 Å². The summed E-state index contributed by atoms with van der Waals surface area (Å²) in [5, 5.41) is 6.69. The van der Waals surface area contributed by atoms with Crippen molar-refractivity contribution in [2.75, 3.05) is 0 Å². The molecule has 1 aromatic carbocycles. The van der Waals surface area contributed by atoms with Crippen molar-refractivity contribution in [2.45, 2.75) is 46.2 Å². The molecule has 0 saturated heterocycles. The van der Waals surface area contributed by atoms with Crippen LogP contribution < -0.4 is 5.32 Å². The fraction of sp³-hybridized carbons (Fsp3) is 0.438. The highest BCUT2D eigenvalue weighted by Gasteiger charge is 2.12. The van der Waals surface area contributed by atoms with Crippen molar-refractivity contribution in [1.29, 1.82) is 0 Å². The molecule has 0 aliphatic carbocycles. The molecular formula is C16H22N2S. The molecule has 0 aliphatic heterocycles. The number of nitrogens with zero attached hydrogens (tertiary/aromatic N) is 1. The Morgan fingerprint density at radius 2 is 1.79 bits per heavy atom. The lowest BCUT2D eigenvalue weighted by atomic mass is 9.87. The topological polar surface area (TPSA) is 24.9 Å². The lowest BCUT2D eigenvalue weighted by Gasteiger charge is -2.19. The van der Waals surface area contributed by atoms with E-state index in [-0.39, 0.29) is 5.41 Å². The van der Waals surface area contributed by atoms with Crippen molar-refractivity contribution >= 4 is 11.3 Å². The van der Waals surface area contributed by atoms with E-state index in [0.29, 0.717) is 0 Å². The Balaban J connectivity index is 1.86. The molecule has 0 spiro atoms. The summed E-state index contributed by atoms with van der Waals surface area (Å²) < 4.78 is 0. The molecule has 3 heteroatoms. The minimum absolute atomic E-state index is 0.227. The lowest BCUT2D eigenvalue weighted by molar-refractivity contribution is 0.589. The molecule has 1 aromatic heterocycles. The van der Waals surface area contributed by atoms with Crippen LogP contribution in [-0.2, 0) is 18.5 Å². The van der Waals surface area contributed by atoms with E-state index in [1.807, 2.05) is 6.92 Å². The van der Waals surface area contributed by atoms with E-state index in [4.69, 9.17) is 0 Å². The molecule has 0 saturated carbocycles. The van der Waals surface area contributed by atoms with E-state index in [9.17, 15) is 0 Å². The first-order valence-electron chi connectivity index (χ1n) is 6.66. The van der Waals surface area contributed by atoms with Crippen LogP contribution in [0.15, 0.2) is 29.6 Å². The second-order valence-electron chi connectivity index (χ2n) is 5.93.